The molecule has 4 fully saturated rings. The summed E-state index contributed by atoms with van der Waals surface area (Å²) in [7, 11) is 1.73. The Morgan fingerprint density at radius 1 is 1.00 bits per heavy atom. The Morgan fingerprint density at radius 3 is 2.33 bits per heavy atom. The average Bonchev–Trinajstić information content (AvgIpc) is 3.62. The van der Waals surface area contributed by atoms with Crippen LogP contribution in [-0.2, 0) is 20.5 Å². The van der Waals surface area contributed by atoms with Gasteiger partial charge in [-0.05, 0) is 144 Å². The van der Waals surface area contributed by atoms with E-state index < -0.39 is 0 Å². The van der Waals surface area contributed by atoms with Crippen molar-refractivity contribution in [3.05, 3.63) is 60.0 Å². The smallest absolute Gasteiger partial charge is 0.407 e. The Hall–Kier alpha value is -3.88. The molecule has 4 aliphatic carbocycles. The monoisotopic (exact) mass is 669 g/mol. The Labute approximate surface area is 292 Å². The number of aryl methyl sites for hydroxylation is 1. The van der Waals surface area contributed by atoms with E-state index in [1.807, 2.05) is 35.0 Å². The first-order valence-electron chi connectivity index (χ1n) is 18.4. The normalized spacial score (nSPS) is 25.1. The lowest BCUT2D eigenvalue weighted by molar-refractivity contribution is -0.124. The molecule has 0 unspecified atom stereocenters. The molecule has 2 bridgehead atoms. The number of rotatable bonds is 10. The highest BCUT2D eigenvalue weighted by Gasteiger charge is 2.51. The van der Waals surface area contributed by atoms with Crippen LogP contribution in [0.25, 0.3) is 11.1 Å². The summed E-state index contributed by atoms with van der Waals surface area (Å²) in [4.78, 5) is 33.7. The maximum absolute atomic E-state index is 14.6. The predicted molar refractivity (Wildman–Crippen MR) is 193 cm³/mol. The molecule has 7 rings (SSSR count). The van der Waals surface area contributed by atoms with Gasteiger partial charge >= 0.3 is 6.09 Å². The van der Waals surface area contributed by atoms with Gasteiger partial charge in [-0.1, -0.05) is 19.1 Å². The lowest BCUT2D eigenvalue weighted by Gasteiger charge is -2.55. The number of benzene rings is 1. The zero-order valence-electron chi connectivity index (χ0n) is 30.4. The molecule has 9 heteroatoms. The van der Waals surface area contributed by atoms with E-state index in [4.69, 9.17) is 14.5 Å². The van der Waals surface area contributed by atoms with Crippen LogP contribution >= 0.6 is 0 Å². The molecule has 4 saturated carbocycles. The zero-order valence-corrected chi connectivity index (χ0v) is 30.4. The van der Waals surface area contributed by atoms with Gasteiger partial charge in [-0.15, -0.1) is 0 Å². The van der Waals surface area contributed by atoms with Gasteiger partial charge in [0, 0.05) is 37.0 Å². The maximum Gasteiger partial charge on any atom is 0.407 e. The van der Waals surface area contributed by atoms with Crippen molar-refractivity contribution in [3.8, 4) is 16.9 Å². The second-order valence-electron chi connectivity index (χ2n) is 15.9. The van der Waals surface area contributed by atoms with E-state index in [1.54, 1.807) is 7.11 Å². The lowest BCUT2D eigenvalue weighted by atomic mass is 9.51. The van der Waals surface area contributed by atoms with Crippen molar-refractivity contribution in [1.82, 2.24) is 20.1 Å². The Balaban J connectivity index is 1.23. The molecule has 1 aromatic carbocycles. The van der Waals surface area contributed by atoms with Gasteiger partial charge in [0.15, 0.2) is 0 Å². The molecule has 2 aromatic heterocycles. The minimum absolute atomic E-state index is 0.0609. The Bertz CT molecular complexity index is 1610. The molecule has 9 nitrogen and oxygen atoms in total. The number of carbonyl (C=O) groups is 2. The number of carbonyl (C=O) groups excluding carboxylic acids is 2. The van der Waals surface area contributed by atoms with Crippen LogP contribution in [0.5, 0.6) is 5.75 Å². The first kappa shape index (κ1) is 35.0. The summed E-state index contributed by atoms with van der Waals surface area (Å²) in [6, 6.07) is 10.8. The van der Waals surface area contributed by atoms with Crippen molar-refractivity contribution in [2.24, 2.45) is 11.3 Å². The summed E-state index contributed by atoms with van der Waals surface area (Å²) in [6.45, 7) is 11.8. The summed E-state index contributed by atoms with van der Waals surface area (Å²) in [5.74, 6) is 1.67. The number of nitrogens with one attached hydrogen (secondary N) is 1. The third-order valence-corrected chi connectivity index (χ3v) is 11.6. The molecule has 4 aliphatic rings. The molecule has 2 heterocycles. The third-order valence-electron chi connectivity index (χ3n) is 11.6. The largest absolute Gasteiger partial charge is 0.496 e. The van der Waals surface area contributed by atoms with Crippen LogP contribution in [0, 0.1) is 18.3 Å². The van der Waals surface area contributed by atoms with Crippen LogP contribution in [0.15, 0.2) is 48.9 Å². The number of aromatic nitrogens is 3. The van der Waals surface area contributed by atoms with Crippen LogP contribution in [0.1, 0.15) is 109 Å². The van der Waals surface area contributed by atoms with Crippen LogP contribution in [0.2, 0.25) is 0 Å². The number of pyridine rings is 1. The van der Waals surface area contributed by atoms with Crippen LogP contribution in [0.4, 0.5) is 10.6 Å². The van der Waals surface area contributed by atoms with E-state index in [-0.39, 0.29) is 40.4 Å². The highest BCUT2D eigenvalue weighted by Crippen LogP contribution is 2.58. The standard InChI is InChI=1S/C40H55N5O4/c1-7-21-42-37(47)49-33-11-8-29(9-12-33)36(46)44(35-24-30(14-22-41-35)31-25-43-45(26-31)38(3,4)5)27-39-15-18-40(19-16-39,20-17-39)32-10-13-34(48-6)28(2)23-32/h10,13-14,22-26,29,33H,7-9,11-12,15-21,27H2,1-6H3,(H,42,47). The van der Waals surface area contributed by atoms with E-state index >= 15 is 0 Å². The SMILES string of the molecule is CCCNC(=O)OC1CCC(C(=O)N(CC23CCC(c4ccc(OC)c(C)c4)(CC2)CC3)c2cc(-c3cnn(C(C)(C)C)c3)ccn2)CC1. The Morgan fingerprint density at radius 2 is 1.71 bits per heavy atom. The molecule has 3 aromatic rings. The number of fused-ring (bicyclic) bond motifs is 3. The molecular weight excluding hydrogens is 614 g/mol. The molecule has 1 N–H and O–H groups in total. The van der Waals surface area contributed by atoms with E-state index in [1.165, 1.54) is 11.1 Å². The number of nitrogens with zero attached hydrogens (tertiary/aromatic N) is 4. The zero-order chi connectivity index (χ0) is 34.8. The van der Waals surface area contributed by atoms with E-state index in [2.05, 4.69) is 68.6 Å². The van der Waals surface area contributed by atoms with Gasteiger partial charge in [0.1, 0.15) is 17.7 Å². The minimum Gasteiger partial charge on any atom is -0.496 e. The quantitative estimate of drug-likeness (QED) is 0.233. The molecule has 49 heavy (non-hydrogen) atoms. The van der Waals surface area contributed by atoms with Crippen molar-refractivity contribution >= 4 is 17.8 Å². The fraction of sp³-hybridized carbons (Fsp3) is 0.600. The number of ether oxygens (including phenoxy) is 2. The topological polar surface area (TPSA) is 98.6 Å². The van der Waals surface area contributed by atoms with Gasteiger partial charge in [0.05, 0.1) is 18.8 Å². The predicted octanol–water partition coefficient (Wildman–Crippen LogP) is 8.34. The number of methoxy groups -OCH3 is 1. The molecule has 2 amide bonds. The summed E-state index contributed by atoms with van der Waals surface area (Å²) in [6.07, 6.45) is 15.6. The highest BCUT2D eigenvalue weighted by molar-refractivity contribution is 5.95. The fourth-order valence-corrected chi connectivity index (χ4v) is 8.40. The van der Waals surface area contributed by atoms with Gasteiger partial charge in [-0.2, -0.15) is 5.10 Å². The number of anilines is 1. The first-order chi connectivity index (χ1) is 23.4. The van der Waals surface area contributed by atoms with Crippen molar-refractivity contribution in [2.45, 2.75) is 122 Å². The van der Waals surface area contributed by atoms with Crippen LogP contribution in [0.3, 0.4) is 0 Å². The first-order valence-corrected chi connectivity index (χ1v) is 18.4. The van der Waals surface area contributed by atoms with Gasteiger partial charge in [0.25, 0.3) is 0 Å². The highest BCUT2D eigenvalue weighted by atomic mass is 16.6. The number of hydrogen-bond acceptors (Lipinski definition) is 6. The molecular formula is C40H55N5O4. The maximum atomic E-state index is 14.6. The van der Waals surface area contributed by atoms with Crippen LogP contribution < -0.4 is 15.0 Å². The molecule has 264 valence electrons. The van der Waals surface area contributed by atoms with Gasteiger partial charge in [0.2, 0.25) is 5.91 Å². The van der Waals surface area contributed by atoms with Gasteiger partial charge < -0.3 is 14.8 Å². The van der Waals surface area contributed by atoms with E-state index in [9.17, 15) is 9.59 Å². The van der Waals surface area contributed by atoms with Gasteiger partial charge in [-0.3, -0.25) is 14.4 Å². The van der Waals surface area contributed by atoms with E-state index in [0.29, 0.717) is 44.6 Å². The third kappa shape index (κ3) is 7.51. The number of alkyl carbamates (subject to hydrolysis) is 1. The second-order valence-corrected chi connectivity index (χ2v) is 15.9. The van der Waals surface area contributed by atoms with Crippen LogP contribution in [-0.4, -0.2) is 53.1 Å². The van der Waals surface area contributed by atoms with Crippen molar-refractivity contribution in [3.63, 3.8) is 0 Å². The van der Waals surface area contributed by atoms with Crippen molar-refractivity contribution < 1.29 is 19.1 Å². The summed E-state index contributed by atoms with van der Waals surface area (Å²) >= 11 is 0. The summed E-state index contributed by atoms with van der Waals surface area (Å²) in [5, 5.41) is 7.44. The number of hydrogen-bond donors (Lipinski definition) is 1. The summed E-state index contributed by atoms with van der Waals surface area (Å²) in [5.41, 5.74) is 4.77. The average molecular weight is 670 g/mol. The minimum atomic E-state index is -0.358. The van der Waals surface area contributed by atoms with Crippen molar-refractivity contribution in [1.29, 1.82) is 0 Å². The fourth-order valence-electron chi connectivity index (χ4n) is 8.40. The number of amides is 2. The second kappa shape index (κ2) is 14.2. The molecule has 0 spiro atoms. The lowest BCUT2D eigenvalue weighted by Crippen LogP contribution is -2.52. The molecule has 0 atom stereocenters. The van der Waals surface area contributed by atoms with Crippen molar-refractivity contribution in [2.75, 3.05) is 25.1 Å². The molecule has 0 saturated heterocycles. The Kier molecular flexibility index (Phi) is 10.1. The molecule has 0 radical (unpaired) electrons. The molecule has 0 aliphatic heterocycles. The van der Waals surface area contributed by atoms with Gasteiger partial charge in [-0.25, -0.2) is 9.78 Å². The summed E-state index contributed by atoms with van der Waals surface area (Å²) < 4.78 is 13.2. The van der Waals surface area contributed by atoms with E-state index in [0.717, 1.165) is 61.8 Å².